The van der Waals surface area contributed by atoms with Crippen molar-refractivity contribution in [1.29, 1.82) is 0 Å². The first kappa shape index (κ1) is 25.6. The number of benzene rings is 4. The van der Waals surface area contributed by atoms with Crippen LogP contribution in [-0.4, -0.2) is 40.8 Å². The number of nitrogens with zero attached hydrogens (tertiary/aromatic N) is 8. The molecule has 0 unspecified atom stereocenters. The summed E-state index contributed by atoms with van der Waals surface area (Å²) in [5, 5.41) is 31.7. The van der Waals surface area contributed by atoms with E-state index >= 15 is 0 Å². The molecule has 0 atom stereocenters. The van der Waals surface area contributed by atoms with E-state index in [9.17, 15) is 0 Å². The number of hydrogen-bond donors (Lipinski definition) is 0. The van der Waals surface area contributed by atoms with Gasteiger partial charge in [-0.1, -0.05) is 64.3 Å². The maximum atomic E-state index is 5.68. The lowest BCUT2D eigenvalue weighted by molar-refractivity contribution is 0.381. The molecule has 16 aliphatic heterocycles. The lowest BCUT2D eigenvalue weighted by atomic mass is 10.3. The van der Waals surface area contributed by atoms with E-state index in [1.54, 1.807) is 23.5 Å². The van der Waals surface area contributed by atoms with Gasteiger partial charge >= 0.3 is 24.0 Å². The van der Waals surface area contributed by atoms with Crippen molar-refractivity contribution in [3.8, 4) is 47.0 Å². The Morgan fingerprint density at radius 3 is 0.667 bits per heavy atom. The highest BCUT2D eigenvalue weighted by atomic mass is 32.2. The summed E-state index contributed by atoms with van der Waals surface area (Å²) in [7, 11) is 0. The first-order chi connectivity index (χ1) is 20.7. The van der Waals surface area contributed by atoms with Crippen LogP contribution in [-0.2, 0) is 0 Å². The van der Waals surface area contributed by atoms with Gasteiger partial charge in [-0.05, 0) is 97.1 Å². The molecule has 4 aromatic carbocycles. The molecular formula is C28H16N8O4S2. The number of ether oxygens (including phenoxy) is 4. The smallest absolute Gasteiger partial charge is 0.360 e. The molecule has 0 N–H and O–H groups in total. The van der Waals surface area contributed by atoms with Gasteiger partial charge in [0.2, 0.25) is 0 Å². The summed E-state index contributed by atoms with van der Waals surface area (Å²) in [5.41, 5.74) is 0. The Labute approximate surface area is 246 Å². The molecule has 42 heavy (non-hydrogen) atoms. The summed E-state index contributed by atoms with van der Waals surface area (Å²) in [6.07, 6.45) is 0. The topological polar surface area (TPSA) is 140 Å². The Kier molecular flexibility index (Phi) is 7.10. The minimum Gasteiger partial charge on any atom is -0.422 e. The summed E-state index contributed by atoms with van der Waals surface area (Å²) in [6, 6.07) is 29.9. The van der Waals surface area contributed by atoms with Crippen molar-refractivity contribution < 1.29 is 18.9 Å². The van der Waals surface area contributed by atoms with Crippen LogP contribution in [0, 0.1) is 0 Å². The van der Waals surface area contributed by atoms with E-state index in [0.717, 1.165) is 19.6 Å². The van der Waals surface area contributed by atoms with Crippen molar-refractivity contribution in [2.45, 2.75) is 19.6 Å². The van der Waals surface area contributed by atoms with Gasteiger partial charge in [0.05, 0.1) is 0 Å². The van der Waals surface area contributed by atoms with E-state index in [1.165, 1.54) is 0 Å². The zero-order valence-corrected chi connectivity index (χ0v) is 22.9. The Bertz CT molecular complexity index is 1320. The molecule has 18 heterocycles. The molecule has 0 fully saturated rings. The lowest BCUT2D eigenvalue weighted by Gasteiger charge is -2.08. The third kappa shape index (κ3) is 6.35. The van der Waals surface area contributed by atoms with Crippen LogP contribution in [0.25, 0.3) is 0 Å². The first-order valence-corrected chi connectivity index (χ1v) is 14.0. The molecule has 0 aliphatic carbocycles. The van der Waals surface area contributed by atoms with Crippen LogP contribution in [0.4, 0.5) is 0 Å². The van der Waals surface area contributed by atoms with Crippen LogP contribution < -0.4 is 18.9 Å². The highest BCUT2D eigenvalue weighted by Crippen LogP contribution is 2.33. The van der Waals surface area contributed by atoms with Crippen molar-refractivity contribution in [2.24, 2.45) is 0 Å². The monoisotopic (exact) mass is 592 g/mol. The summed E-state index contributed by atoms with van der Waals surface area (Å²) in [5.74, 6) is 2.17. The second kappa shape index (κ2) is 11.6. The van der Waals surface area contributed by atoms with Gasteiger partial charge < -0.3 is 18.9 Å². The molecule has 2 aromatic heterocycles. The van der Waals surface area contributed by atoms with Crippen LogP contribution in [0.5, 0.6) is 47.0 Å². The van der Waals surface area contributed by atoms with Gasteiger partial charge in [0, 0.05) is 19.6 Å². The van der Waals surface area contributed by atoms with Gasteiger partial charge in [0.1, 0.15) is 23.0 Å². The van der Waals surface area contributed by atoms with Crippen molar-refractivity contribution in [3.63, 3.8) is 0 Å². The fourth-order valence-corrected chi connectivity index (χ4v) is 5.22. The quantitative estimate of drug-likeness (QED) is 0.186. The zero-order chi connectivity index (χ0) is 28.1. The second-order valence-electron chi connectivity index (χ2n) is 8.43. The molecule has 0 spiro atoms. The van der Waals surface area contributed by atoms with E-state index in [1.807, 2.05) is 97.1 Å². The van der Waals surface area contributed by atoms with E-state index in [0.29, 0.717) is 23.0 Å². The molecule has 12 bridgehead atoms. The number of aromatic nitrogens is 8. The fraction of sp³-hybridized carbons (Fsp3) is 0. The van der Waals surface area contributed by atoms with Crippen LogP contribution in [0.3, 0.4) is 0 Å². The lowest BCUT2D eigenvalue weighted by Crippen LogP contribution is -2.00. The van der Waals surface area contributed by atoms with Crippen molar-refractivity contribution in [3.05, 3.63) is 97.1 Å². The van der Waals surface area contributed by atoms with Gasteiger partial charge in [-0.15, -0.1) is 0 Å². The van der Waals surface area contributed by atoms with Gasteiger partial charge in [-0.3, -0.25) is 0 Å². The molecule has 14 heteroatoms. The SMILES string of the molecule is c1cc2ccc1Oc1nnc(nn1)Oc1ccc(cc1)Sc1ccc(cc1)Oc1nnc(nn1)Oc1ccc(cc1)S2. The maximum Gasteiger partial charge on any atom is 0.360 e. The third-order valence-electron chi connectivity index (χ3n) is 5.49. The summed E-state index contributed by atoms with van der Waals surface area (Å²) in [4.78, 5) is 4.01. The predicted molar refractivity (Wildman–Crippen MR) is 150 cm³/mol. The molecule has 22 rings (SSSR count). The highest BCUT2D eigenvalue weighted by molar-refractivity contribution is 7.99. The maximum absolute atomic E-state index is 5.68. The molecule has 0 radical (unpaired) electrons. The summed E-state index contributed by atoms with van der Waals surface area (Å²) in [6.45, 7) is 0. The van der Waals surface area contributed by atoms with E-state index in [4.69, 9.17) is 18.9 Å². The summed E-state index contributed by atoms with van der Waals surface area (Å²) >= 11 is 3.14. The zero-order valence-electron chi connectivity index (χ0n) is 21.3. The van der Waals surface area contributed by atoms with Gasteiger partial charge in [-0.2, -0.15) is 0 Å². The molecule has 6 aromatic rings. The Balaban J connectivity index is 1.14. The average Bonchev–Trinajstić information content (AvgIpc) is 3.03. The molecule has 12 nitrogen and oxygen atoms in total. The fourth-order valence-electron chi connectivity index (χ4n) is 3.58. The van der Waals surface area contributed by atoms with Gasteiger partial charge in [0.25, 0.3) is 0 Å². The number of rotatable bonds is 0. The van der Waals surface area contributed by atoms with Crippen LogP contribution in [0.2, 0.25) is 0 Å². The van der Waals surface area contributed by atoms with Crippen molar-refractivity contribution in [2.75, 3.05) is 0 Å². The normalized spacial score (nSPS) is 12.4. The molecule has 0 amide bonds. The largest absolute Gasteiger partial charge is 0.422 e. The van der Waals surface area contributed by atoms with E-state index in [2.05, 4.69) is 40.8 Å². The van der Waals surface area contributed by atoms with Crippen molar-refractivity contribution in [1.82, 2.24) is 40.8 Å². The van der Waals surface area contributed by atoms with E-state index < -0.39 is 0 Å². The predicted octanol–water partition coefficient (Wildman–Crippen LogP) is 6.63. The van der Waals surface area contributed by atoms with Crippen LogP contribution in [0.15, 0.2) is 117 Å². The number of hydrogen-bond acceptors (Lipinski definition) is 14. The van der Waals surface area contributed by atoms with Crippen LogP contribution >= 0.6 is 23.5 Å². The molecule has 0 saturated heterocycles. The minimum atomic E-state index is 0.00481. The Morgan fingerprint density at radius 2 is 0.476 bits per heavy atom. The Morgan fingerprint density at radius 1 is 0.286 bits per heavy atom. The minimum absolute atomic E-state index is 0.00481. The van der Waals surface area contributed by atoms with Crippen LogP contribution in [0.1, 0.15) is 0 Å². The highest BCUT2D eigenvalue weighted by Gasteiger charge is 2.10. The molecule has 204 valence electrons. The first-order valence-electron chi connectivity index (χ1n) is 12.3. The second-order valence-corrected chi connectivity index (χ2v) is 10.7. The average molecular weight is 593 g/mol. The van der Waals surface area contributed by atoms with Gasteiger partial charge in [0.15, 0.2) is 0 Å². The van der Waals surface area contributed by atoms with Crippen molar-refractivity contribution >= 4 is 23.5 Å². The molecule has 16 aliphatic rings. The third-order valence-corrected chi connectivity index (χ3v) is 7.52. The molecular weight excluding hydrogens is 576 g/mol. The molecule has 0 saturated carbocycles. The van der Waals surface area contributed by atoms with Gasteiger partial charge in [-0.25, -0.2) is 0 Å². The Hall–Kier alpha value is -5.34. The van der Waals surface area contributed by atoms with E-state index in [-0.39, 0.29) is 24.0 Å². The standard InChI is InChI=1S/C28H16N8O4S2/c1-9-21-10-2-17(1)37-25-29-31-26(32-30-25)38-19-5-13-23(14-6-19)42-24-15-7-20(8-16-24)40-28-35-33-27(34-36-28)39-18-3-11-22(41-21)12-4-18/h1-16H. The summed E-state index contributed by atoms with van der Waals surface area (Å²) < 4.78 is 22.7.